The van der Waals surface area contributed by atoms with E-state index in [-0.39, 0.29) is 0 Å². The molecule has 90 valence electrons. The Morgan fingerprint density at radius 2 is 1.93 bits per heavy atom. The summed E-state index contributed by atoms with van der Waals surface area (Å²) in [5.41, 5.74) is 1.37. The molecular formula is C13H27NO. The first-order valence-corrected chi connectivity index (χ1v) is 6.16. The van der Waals surface area contributed by atoms with Crippen LogP contribution in [0.4, 0.5) is 0 Å². The molecule has 0 aromatic carbocycles. The topological polar surface area (TPSA) is 21.3 Å². The monoisotopic (exact) mass is 213 g/mol. The summed E-state index contributed by atoms with van der Waals surface area (Å²) >= 11 is 0. The second kappa shape index (κ2) is 10.2. The lowest BCUT2D eigenvalue weighted by Gasteiger charge is -2.15. The van der Waals surface area contributed by atoms with E-state index in [4.69, 9.17) is 4.74 Å². The Bertz CT molecular complexity index is 162. The maximum atomic E-state index is 5.51. The molecule has 0 aromatic rings. The van der Waals surface area contributed by atoms with Crippen LogP contribution in [0.3, 0.4) is 0 Å². The Balaban J connectivity index is 3.75. The molecule has 1 N–H and O–H groups in total. The van der Waals surface area contributed by atoms with Crippen LogP contribution in [0.5, 0.6) is 0 Å². The third kappa shape index (κ3) is 9.95. The minimum Gasteiger partial charge on any atom is -0.381 e. The van der Waals surface area contributed by atoms with E-state index in [2.05, 4.69) is 39.1 Å². The summed E-state index contributed by atoms with van der Waals surface area (Å²) in [5.74, 6) is 0. The van der Waals surface area contributed by atoms with E-state index in [9.17, 15) is 0 Å². The number of allylic oxidation sites excluding steroid dienone is 1. The van der Waals surface area contributed by atoms with Gasteiger partial charge in [-0.2, -0.15) is 0 Å². The summed E-state index contributed by atoms with van der Waals surface area (Å²) in [6, 6.07) is 0.479. The average molecular weight is 213 g/mol. The first-order chi connectivity index (χ1) is 7.20. The Morgan fingerprint density at radius 1 is 1.20 bits per heavy atom. The molecule has 0 amide bonds. The molecule has 0 rings (SSSR count). The number of hydrogen-bond donors (Lipinski definition) is 1. The van der Waals surface area contributed by atoms with E-state index >= 15 is 0 Å². The summed E-state index contributed by atoms with van der Waals surface area (Å²) in [6.07, 6.45) is 5.66. The minimum atomic E-state index is 0.479. The van der Waals surface area contributed by atoms with E-state index in [1.807, 2.05) is 0 Å². The van der Waals surface area contributed by atoms with Gasteiger partial charge in [-0.25, -0.2) is 0 Å². The van der Waals surface area contributed by atoms with Crippen LogP contribution in [0, 0.1) is 0 Å². The Labute approximate surface area is 95.1 Å². The van der Waals surface area contributed by atoms with E-state index in [0.717, 1.165) is 32.6 Å². The zero-order valence-corrected chi connectivity index (χ0v) is 10.8. The highest BCUT2D eigenvalue weighted by molar-refractivity contribution is 5.00. The molecule has 0 fully saturated rings. The predicted octanol–water partition coefficient (Wildman–Crippen LogP) is 3.14. The summed E-state index contributed by atoms with van der Waals surface area (Å²) in [7, 11) is 0. The van der Waals surface area contributed by atoms with Crippen molar-refractivity contribution in [2.75, 3.05) is 19.8 Å². The Hall–Kier alpha value is -0.340. The van der Waals surface area contributed by atoms with Crippen molar-refractivity contribution in [3.8, 4) is 0 Å². The van der Waals surface area contributed by atoms with Gasteiger partial charge in [-0.1, -0.05) is 25.5 Å². The lowest BCUT2D eigenvalue weighted by Crippen LogP contribution is -2.29. The quantitative estimate of drug-likeness (QED) is 0.469. The van der Waals surface area contributed by atoms with Gasteiger partial charge in [0.1, 0.15) is 0 Å². The summed E-state index contributed by atoms with van der Waals surface area (Å²) in [5, 5.41) is 3.52. The standard InChI is InChI=1S/C13H27NO/c1-5-8-14-13(11-12(3)4)7-10-15-9-6-2/h11,13-14H,5-10H2,1-4H3. The third-order valence-electron chi connectivity index (χ3n) is 2.11. The number of ether oxygens (including phenoxy) is 1. The van der Waals surface area contributed by atoms with Gasteiger partial charge in [0.05, 0.1) is 0 Å². The highest BCUT2D eigenvalue weighted by atomic mass is 16.5. The molecule has 0 aliphatic rings. The van der Waals surface area contributed by atoms with Crippen LogP contribution in [-0.4, -0.2) is 25.8 Å². The summed E-state index contributed by atoms with van der Waals surface area (Å²) < 4.78 is 5.51. The van der Waals surface area contributed by atoms with Gasteiger partial charge in [0.2, 0.25) is 0 Å². The molecule has 0 heterocycles. The largest absolute Gasteiger partial charge is 0.381 e. The number of nitrogens with one attached hydrogen (secondary N) is 1. The number of rotatable bonds is 9. The SMILES string of the molecule is CCCNC(C=C(C)C)CCOCCC. The predicted molar refractivity (Wildman–Crippen MR) is 67.2 cm³/mol. The molecule has 15 heavy (non-hydrogen) atoms. The molecule has 0 aliphatic heterocycles. The van der Waals surface area contributed by atoms with Gasteiger partial charge < -0.3 is 10.1 Å². The Kier molecular flexibility index (Phi) is 9.96. The average Bonchev–Trinajstić information content (AvgIpc) is 2.19. The fourth-order valence-corrected chi connectivity index (χ4v) is 1.43. The second-order valence-corrected chi connectivity index (χ2v) is 4.21. The Morgan fingerprint density at radius 3 is 2.47 bits per heavy atom. The third-order valence-corrected chi connectivity index (χ3v) is 2.11. The van der Waals surface area contributed by atoms with Crippen molar-refractivity contribution in [3.63, 3.8) is 0 Å². The van der Waals surface area contributed by atoms with Crippen LogP contribution in [-0.2, 0) is 4.74 Å². The van der Waals surface area contributed by atoms with Crippen LogP contribution in [0.2, 0.25) is 0 Å². The lowest BCUT2D eigenvalue weighted by atomic mass is 10.1. The van der Waals surface area contributed by atoms with Crippen LogP contribution >= 0.6 is 0 Å². The molecule has 2 heteroatoms. The van der Waals surface area contributed by atoms with E-state index < -0.39 is 0 Å². The van der Waals surface area contributed by atoms with Crippen molar-refractivity contribution in [1.82, 2.24) is 5.32 Å². The van der Waals surface area contributed by atoms with Crippen molar-refractivity contribution in [2.24, 2.45) is 0 Å². The molecular weight excluding hydrogens is 186 g/mol. The normalized spacial score (nSPS) is 12.5. The van der Waals surface area contributed by atoms with Crippen molar-refractivity contribution < 1.29 is 4.74 Å². The van der Waals surface area contributed by atoms with Gasteiger partial charge in [0.15, 0.2) is 0 Å². The van der Waals surface area contributed by atoms with Crippen LogP contribution < -0.4 is 5.32 Å². The van der Waals surface area contributed by atoms with E-state index in [1.54, 1.807) is 0 Å². The van der Waals surface area contributed by atoms with Gasteiger partial charge in [-0.15, -0.1) is 0 Å². The fraction of sp³-hybridized carbons (Fsp3) is 0.846. The lowest BCUT2D eigenvalue weighted by molar-refractivity contribution is 0.128. The van der Waals surface area contributed by atoms with Crippen LogP contribution in [0.25, 0.3) is 0 Å². The second-order valence-electron chi connectivity index (χ2n) is 4.21. The van der Waals surface area contributed by atoms with Crippen LogP contribution in [0.15, 0.2) is 11.6 Å². The summed E-state index contributed by atoms with van der Waals surface area (Å²) in [6.45, 7) is 11.5. The van der Waals surface area contributed by atoms with Gasteiger partial charge in [-0.05, 0) is 39.7 Å². The van der Waals surface area contributed by atoms with Gasteiger partial charge in [0.25, 0.3) is 0 Å². The molecule has 0 spiro atoms. The van der Waals surface area contributed by atoms with Crippen molar-refractivity contribution in [1.29, 1.82) is 0 Å². The molecule has 0 saturated heterocycles. The molecule has 0 saturated carbocycles. The maximum Gasteiger partial charge on any atom is 0.0483 e. The van der Waals surface area contributed by atoms with Crippen molar-refractivity contribution in [3.05, 3.63) is 11.6 Å². The molecule has 1 unspecified atom stereocenters. The van der Waals surface area contributed by atoms with E-state index in [1.165, 1.54) is 12.0 Å². The highest BCUT2D eigenvalue weighted by Gasteiger charge is 2.03. The van der Waals surface area contributed by atoms with E-state index in [0.29, 0.717) is 6.04 Å². The maximum absolute atomic E-state index is 5.51. The molecule has 0 aromatic heterocycles. The van der Waals surface area contributed by atoms with Crippen LogP contribution in [0.1, 0.15) is 47.0 Å². The summed E-state index contributed by atoms with van der Waals surface area (Å²) in [4.78, 5) is 0. The van der Waals surface area contributed by atoms with Gasteiger partial charge in [0, 0.05) is 19.3 Å². The first-order valence-electron chi connectivity index (χ1n) is 6.16. The zero-order chi connectivity index (χ0) is 11.5. The molecule has 1 atom stereocenters. The van der Waals surface area contributed by atoms with Crippen molar-refractivity contribution in [2.45, 2.75) is 53.0 Å². The minimum absolute atomic E-state index is 0.479. The van der Waals surface area contributed by atoms with Gasteiger partial charge in [-0.3, -0.25) is 0 Å². The molecule has 0 radical (unpaired) electrons. The van der Waals surface area contributed by atoms with Gasteiger partial charge >= 0.3 is 0 Å². The smallest absolute Gasteiger partial charge is 0.0483 e. The molecule has 2 nitrogen and oxygen atoms in total. The molecule has 0 aliphatic carbocycles. The molecule has 0 bridgehead atoms. The first kappa shape index (κ1) is 14.7. The highest BCUT2D eigenvalue weighted by Crippen LogP contribution is 2.00. The number of hydrogen-bond acceptors (Lipinski definition) is 2. The zero-order valence-electron chi connectivity index (χ0n) is 10.8. The fourth-order valence-electron chi connectivity index (χ4n) is 1.43. The van der Waals surface area contributed by atoms with Crippen molar-refractivity contribution >= 4 is 0 Å².